The van der Waals surface area contributed by atoms with Crippen LogP contribution in [0.4, 0.5) is 5.69 Å². The second kappa shape index (κ2) is 4.99. The summed E-state index contributed by atoms with van der Waals surface area (Å²) in [5, 5.41) is 13.4. The number of anilines is 1. The summed E-state index contributed by atoms with van der Waals surface area (Å²) in [6.45, 7) is 2.23. The molecule has 1 fully saturated rings. The van der Waals surface area contributed by atoms with Gasteiger partial charge in [0.1, 0.15) is 0 Å². The van der Waals surface area contributed by atoms with E-state index >= 15 is 0 Å². The number of nitrogens with zero attached hydrogens (tertiary/aromatic N) is 1. The Morgan fingerprint density at radius 3 is 2.94 bits per heavy atom. The highest BCUT2D eigenvalue weighted by Gasteiger charge is 2.24. The van der Waals surface area contributed by atoms with Crippen LogP contribution in [0.1, 0.15) is 18.9 Å². The predicted molar refractivity (Wildman–Crippen MR) is 70.1 cm³/mol. The van der Waals surface area contributed by atoms with Crippen molar-refractivity contribution < 1.29 is 0 Å². The highest BCUT2D eigenvalue weighted by molar-refractivity contribution is 8.00. The fourth-order valence-corrected chi connectivity index (χ4v) is 3.26. The monoisotopic (exact) mass is 252 g/mol. The molecule has 2 atom stereocenters. The van der Waals surface area contributed by atoms with Crippen molar-refractivity contribution in [3.63, 3.8) is 0 Å². The quantitative estimate of drug-likeness (QED) is 0.875. The molecule has 1 aliphatic rings. The standard InChI is InChI=1S/C12H13ClN2S/c1-8-11(4-5-16-8)15-12-3-2-9(7-14)6-10(12)13/h2-3,6,8,11,15H,4-5H2,1H3. The second-order valence-corrected chi connectivity index (χ2v) is 5.81. The van der Waals surface area contributed by atoms with Gasteiger partial charge in [0.25, 0.3) is 0 Å². The molecule has 2 nitrogen and oxygen atoms in total. The molecule has 1 aliphatic heterocycles. The van der Waals surface area contributed by atoms with Crippen molar-refractivity contribution in [2.45, 2.75) is 24.6 Å². The largest absolute Gasteiger partial charge is 0.380 e. The maximum Gasteiger partial charge on any atom is 0.0992 e. The first-order valence-electron chi connectivity index (χ1n) is 5.28. The van der Waals surface area contributed by atoms with Crippen LogP contribution in [0.5, 0.6) is 0 Å². The van der Waals surface area contributed by atoms with Crippen LogP contribution in [0, 0.1) is 11.3 Å². The van der Waals surface area contributed by atoms with Crippen molar-refractivity contribution in [3.8, 4) is 6.07 Å². The average Bonchev–Trinajstić information content (AvgIpc) is 2.67. The van der Waals surface area contributed by atoms with Gasteiger partial charge in [0.05, 0.1) is 22.3 Å². The molecule has 0 saturated carbocycles. The number of hydrogen-bond acceptors (Lipinski definition) is 3. The summed E-state index contributed by atoms with van der Waals surface area (Å²) >= 11 is 8.09. The Morgan fingerprint density at radius 2 is 2.38 bits per heavy atom. The lowest BCUT2D eigenvalue weighted by atomic mass is 10.1. The zero-order valence-electron chi connectivity index (χ0n) is 9.03. The zero-order chi connectivity index (χ0) is 11.5. The summed E-state index contributed by atoms with van der Waals surface area (Å²) in [5.74, 6) is 1.20. The van der Waals surface area contributed by atoms with Crippen molar-refractivity contribution >= 4 is 29.1 Å². The Balaban J connectivity index is 2.13. The Morgan fingerprint density at radius 1 is 1.56 bits per heavy atom. The van der Waals surface area contributed by atoms with Crippen LogP contribution in [0.3, 0.4) is 0 Å². The Labute approximate surface area is 105 Å². The van der Waals surface area contributed by atoms with Gasteiger partial charge in [-0.25, -0.2) is 0 Å². The molecule has 84 valence electrons. The number of nitrogens with one attached hydrogen (secondary N) is 1. The number of halogens is 1. The van der Waals surface area contributed by atoms with E-state index in [1.807, 2.05) is 17.8 Å². The molecule has 0 spiro atoms. The Hall–Kier alpha value is -0.850. The molecular weight excluding hydrogens is 240 g/mol. The molecule has 1 aromatic rings. The fourth-order valence-electron chi connectivity index (χ4n) is 1.82. The number of thioether (sulfide) groups is 1. The van der Waals surface area contributed by atoms with Crippen molar-refractivity contribution in [2.24, 2.45) is 0 Å². The summed E-state index contributed by atoms with van der Waals surface area (Å²) in [4.78, 5) is 0. The lowest BCUT2D eigenvalue weighted by Gasteiger charge is -2.18. The minimum Gasteiger partial charge on any atom is -0.380 e. The average molecular weight is 253 g/mol. The van der Waals surface area contributed by atoms with E-state index in [4.69, 9.17) is 16.9 Å². The third kappa shape index (κ3) is 2.45. The van der Waals surface area contributed by atoms with Gasteiger partial charge in [0, 0.05) is 11.3 Å². The topological polar surface area (TPSA) is 35.8 Å². The Kier molecular flexibility index (Phi) is 3.63. The number of nitriles is 1. The minimum atomic E-state index is 0.482. The van der Waals surface area contributed by atoms with Crippen LogP contribution in [-0.4, -0.2) is 17.0 Å². The van der Waals surface area contributed by atoms with Crippen LogP contribution in [0.15, 0.2) is 18.2 Å². The van der Waals surface area contributed by atoms with E-state index in [9.17, 15) is 0 Å². The van der Waals surface area contributed by atoms with Gasteiger partial charge in [0.15, 0.2) is 0 Å². The van der Waals surface area contributed by atoms with Gasteiger partial charge in [-0.1, -0.05) is 18.5 Å². The van der Waals surface area contributed by atoms with E-state index in [1.165, 1.54) is 12.2 Å². The summed E-state index contributed by atoms with van der Waals surface area (Å²) in [6, 6.07) is 7.95. The summed E-state index contributed by atoms with van der Waals surface area (Å²) < 4.78 is 0. The first kappa shape index (κ1) is 11.6. The third-order valence-corrected chi connectivity index (χ3v) is 4.45. The molecule has 0 amide bonds. The highest BCUT2D eigenvalue weighted by Crippen LogP contribution is 2.31. The molecule has 1 aromatic carbocycles. The lowest BCUT2D eigenvalue weighted by molar-refractivity contribution is 0.724. The van der Waals surface area contributed by atoms with E-state index in [0.717, 1.165) is 5.69 Å². The first-order valence-corrected chi connectivity index (χ1v) is 6.71. The molecule has 1 heterocycles. The summed E-state index contributed by atoms with van der Waals surface area (Å²) in [5.41, 5.74) is 1.53. The molecule has 2 unspecified atom stereocenters. The predicted octanol–water partition coefficient (Wildman–Crippen LogP) is 3.52. The van der Waals surface area contributed by atoms with Crippen LogP contribution in [-0.2, 0) is 0 Å². The molecule has 0 bridgehead atoms. The first-order chi connectivity index (χ1) is 7.70. The molecule has 0 radical (unpaired) electrons. The fraction of sp³-hybridized carbons (Fsp3) is 0.417. The number of benzene rings is 1. The van der Waals surface area contributed by atoms with Gasteiger partial charge in [-0.2, -0.15) is 17.0 Å². The van der Waals surface area contributed by atoms with Crippen LogP contribution >= 0.6 is 23.4 Å². The zero-order valence-corrected chi connectivity index (χ0v) is 10.6. The molecule has 1 N–H and O–H groups in total. The second-order valence-electron chi connectivity index (χ2n) is 3.92. The molecule has 16 heavy (non-hydrogen) atoms. The molecule has 0 aromatic heterocycles. The lowest BCUT2D eigenvalue weighted by Crippen LogP contribution is -2.24. The van der Waals surface area contributed by atoms with Gasteiger partial charge in [0.2, 0.25) is 0 Å². The van der Waals surface area contributed by atoms with E-state index in [2.05, 4.69) is 18.3 Å². The van der Waals surface area contributed by atoms with E-state index in [1.54, 1.807) is 12.1 Å². The van der Waals surface area contributed by atoms with Crippen LogP contribution < -0.4 is 5.32 Å². The SMILES string of the molecule is CC1SCCC1Nc1ccc(C#N)cc1Cl. The van der Waals surface area contributed by atoms with Gasteiger partial charge in [-0.15, -0.1) is 0 Å². The van der Waals surface area contributed by atoms with Crippen LogP contribution in [0.25, 0.3) is 0 Å². The minimum absolute atomic E-state index is 0.482. The normalized spacial score (nSPS) is 24.1. The van der Waals surface area contributed by atoms with Crippen molar-refractivity contribution in [1.82, 2.24) is 0 Å². The van der Waals surface area contributed by atoms with Crippen molar-refractivity contribution in [3.05, 3.63) is 28.8 Å². The molecule has 1 saturated heterocycles. The smallest absolute Gasteiger partial charge is 0.0992 e. The van der Waals surface area contributed by atoms with Gasteiger partial charge >= 0.3 is 0 Å². The maximum absolute atomic E-state index is 8.75. The summed E-state index contributed by atoms with van der Waals surface area (Å²) in [6.07, 6.45) is 1.17. The molecule has 4 heteroatoms. The van der Waals surface area contributed by atoms with E-state index in [-0.39, 0.29) is 0 Å². The third-order valence-electron chi connectivity index (χ3n) is 2.82. The van der Waals surface area contributed by atoms with Crippen LogP contribution in [0.2, 0.25) is 5.02 Å². The molecule has 2 rings (SSSR count). The van der Waals surface area contributed by atoms with E-state index < -0.39 is 0 Å². The number of hydrogen-bond donors (Lipinski definition) is 1. The van der Waals surface area contributed by atoms with Crippen molar-refractivity contribution in [2.75, 3.05) is 11.1 Å². The molecule has 0 aliphatic carbocycles. The molecular formula is C12H13ClN2S. The van der Waals surface area contributed by atoms with Crippen molar-refractivity contribution in [1.29, 1.82) is 5.26 Å². The van der Waals surface area contributed by atoms with E-state index in [0.29, 0.717) is 21.9 Å². The highest BCUT2D eigenvalue weighted by atomic mass is 35.5. The maximum atomic E-state index is 8.75. The van der Waals surface area contributed by atoms with Gasteiger partial charge < -0.3 is 5.32 Å². The number of rotatable bonds is 2. The Bertz CT molecular complexity index is 428. The van der Waals surface area contributed by atoms with Gasteiger partial charge in [-0.05, 0) is 30.4 Å². The summed E-state index contributed by atoms with van der Waals surface area (Å²) in [7, 11) is 0. The van der Waals surface area contributed by atoms with Gasteiger partial charge in [-0.3, -0.25) is 0 Å².